The average Bonchev–Trinajstić information content (AvgIpc) is 3.13. The molecular weight excluding hydrogens is 454 g/mol. The number of carbonyl (C=O) groups excluding carboxylic acids is 2. The Hall–Kier alpha value is -2.57. The fourth-order valence-electron chi connectivity index (χ4n) is 8.54. The summed E-state index contributed by atoms with van der Waals surface area (Å²) >= 11 is 0. The minimum Gasteiger partial charge on any atom is -0.470 e. The van der Waals surface area contributed by atoms with E-state index in [1.807, 2.05) is 43.3 Å². The van der Waals surface area contributed by atoms with Crippen LogP contribution < -0.4 is 4.74 Å². The van der Waals surface area contributed by atoms with Crippen molar-refractivity contribution in [2.75, 3.05) is 6.61 Å². The fraction of sp³-hybridized carbons (Fsp3) is 0.567. The monoisotopic (exact) mass is 489 g/mol. The molecule has 7 atom stereocenters. The van der Waals surface area contributed by atoms with Crippen LogP contribution in [0.25, 0.3) is 10.9 Å². The van der Waals surface area contributed by atoms with Gasteiger partial charge in [0, 0.05) is 23.3 Å². The summed E-state index contributed by atoms with van der Waals surface area (Å²) in [5, 5.41) is 24.4. The summed E-state index contributed by atoms with van der Waals surface area (Å²) in [7, 11) is 0. The van der Waals surface area contributed by atoms with Gasteiger partial charge in [-0.05, 0) is 79.9 Å². The molecule has 2 N–H and O–H groups in total. The molecular formula is C30H35NO5. The van der Waals surface area contributed by atoms with E-state index in [4.69, 9.17) is 4.74 Å². The first kappa shape index (κ1) is 23.8. The molecule has 3 saturated carbocycles. The van der Waals surface area contributed by atoms with Crippen LogP contribution in [0.5, 0.6) is 5.88 Å². The Morgan fingerprint density at radius 2 is 1.92 bits per heavy atom. The van der Waals surface area contributed by atoms with Crippen LogP contribution in [-0.4, -0.2) is 45.1 Å². The van der Waals surface area contributed by atoms with Gasteiger partial charge in [-0.1, -0.05) is 37.6 Å². The molecule has 6 nitrogen and oxygen atoms in total. The number of para-hydroxylation sites is 1. The highest BCUT2D eigenvalue weighted by Gasteiger charge is 2.68. The molecule has 2 aromatic rings. The van der Waals surface area contributed by atoms with Gasteiger partial charge in [0.05, 0.1) is 11.6 Å². The number of benzene rings is 1. The molecule has 1 heterocycles. The first-order valence-corrected chi connectivity index (χ1v) is 13.3. The number of ketones is 2. The van der Waals surface area contributed by atoms with E-state index >= 15 is 0 Å². The predicted molar refractivity (Wildman–Crippen MR) is 135 cm³/mol. The second-order valence-corrected chi connectivity index (χ2v) is 12.0. The largest absolute Gasteiger partial charge is 0.470 e. The topological polar surface area (TPSA) is 96.7 Å². The van der Waals surface area contributed by atoms with Gasteiger partial charge >= 0.3 is 0 Å². The van der Waals surface area contributed by atoms with Crippen molar-refractivity contribution in [3.05, 3.63) is 48.0 Å². The third-order valence-electron chi connectivity index (χ3n) is 10.4. The molecule has 6 unspecified atom stereocenters. The van der Waals surface area contributed by atoms with E-state index in [0.29, 0.717) is 25.1 Å². The van der Waals surface area contributed by atoms with Crippen LogP contribution in [0.3, 0.4) is 0 Å². The number of aromatic nitrogens is 1. The number of rotatable bonds is 4. The molecule has 36 heavy (non-hydrogen) atoms. The van der Waals surface area contributed by atoms with Crippen molar-refractivity contribution < 1.29 is 24.5 Å². The number of fused-ring (bicyclic) bond motifs is 6. The molecule has 1 aromatic heterocycles. The summed E-state index contributed by atoms with van der Waals surface area (Å²) in [4.78, 5) is 30.1. The number of Topliss-reactive ketones (excluding diaryl/α,β-unsaturated/α-hetero) is 1. The molecule has 3 fully saturated rings. The summed E-state index contributed by atoms with van der Waals surface area (Å²) in [6.07, 6.45) is 5.77. The number of pyridine rings is 1. The summed E-state index contributed by atoms with van der Waals surface area (Å²) < 4.78 is 5.79. The van der Waals surface area contributed by atoms with Crippen molar-refractivity contribution in [1.82, 2.24) is 4.98 Å². The number of aliphatic hydroxyl groups excluding tert-OH is 1. The summed E-state index contributed by atoms with van der Waals surface area (Å²) in [5.41, 5.74) is -0.470. The molecule has 0 amide bonds. The number of aliphatic hydroxyl groups is 2. The Morgan fingerprint density at radius 1 is 1.11 bits per heavy atom. The third-order valence-corrected chi connectivity index (χ3v) is 10.4. The lowest BCUT2D eigenvalue weighted by molar-refractivity contribution is -0.181. The molecule has 190 valence electrons. The van der Waals surface area contributed by atoms with Crippen LogP contribution in [0, 0.1) is 28.6 Å². The fourth-order valence-corrected chi connectivity index (χ4v) is 8.54. The van der Waals surface area contributed by atoms with Gasteiger partial charge < -0.3 is 14.9 Å². The molecule has 1 aromatic carbocycles. The number of hydrogen-bond acceptors (Lipinski definition) is 6. The van der Waals surface area contributed by atoms with E-state index in [1.165, 1.54) is 5.57 Å². The van der Waals surface area contributed by atoms with Crippen molar-refractivity contribution in [1.29, 1.82) is 0 Å². The van der Waals surface area contributed by atoms with Crippen molar-refractivity contribution in [2.45, 2.75) is 70.5 Å². The number of carbonyl (C=O) groups is 2. The van der Waals surface area contributed by atoms with Crippen molar-refractivity contribution >= 4 is 22.5 Å². The highest BCUT2D eigenvalue weighted by molar-refractivity contribution is 5.92. The molecule has 0 saturated heterocycles. The maximum Gasteiger partial charge on any atom is 0.214 e. The Bertz CT molecular complexity index is 1270. The zero-order chi connectivity index (χ0) is 25.3. The van der Waals surface area contributed by atoms with Crippen LogP contribution in [-0.2, 0) is 9.59 Å². The highest BCUT2D eigenvalue weighted by Crippen LogP contribution is 2.67. The van der Waals surface area contributed by atoms with Crippen LogP contribution in [0.1, 0.15) is 58.8 Å². The molecule has 4 aliphatic carbocycles. The summed E-state index contributed by atoms with van der Waals surface area (Å²) in [6.45, 7) is 3.96. The number of nitrogens with zero attached hydrogens (tertiary/aromatic N) is 1. The van der Waals surface area contributed by atoms with E-state index in [-0.39, 0.29) is 41.3 Å². The summed E-state index contributed by atoms with van der Waals surface area (Å²) in [6, 6.07) is 11.4. The van der Waals surface area contributed by atoms with Gasteiger partial charge in [0.1, 0.15) is 5.60 Å². The standard InChI is InChI=1S/C30H35NO5/c1-28-13-11-20(32)15-19(28)8-9-21-22-12-14-30(35,29(22,2)16-24(33)27(21)28)25(34)17-36-26-10-7-18-5-3-4-6-23(18)31-26/h3-7,10,15,21-22,24,27,33,35H,8-9,11-14,16-17H2,1-2H3/t21?,22?,24?,27?,28?,29?,30-/m0/s1. The molecule has 0 spiro atoms. The van der Waals surface area contributed by atoms with Gasteiger partial charge in [0.2, 0.25) is 11.7 Å². The molecule has 6 rings (SSSR count). The van der Waals surface area contributed by atoms with Gasteiger partial charge in [0.25, 0.3) is 0 Å². The van der Waals surface area contributed by atoms with E-state index in [1.54, 1.807) is 6.07 Å². The van der Waals surface area contributed by atoms with Crippen LogP contribution in [0.15, 0.2) is 48.0 Å². The van der Waals surface area contributed by atoms with Crippen LogP contribution in [0.4, 0.5) is 0 Å². The number of hydrogen-bond donors (Lipinski definition) is 2. The lowest BCUT2D eigenvalue weighted by Gasteiger charge is -2.60. The molecule has 0 bridgehead atoms. The summed E-state index contributed by atoms with van der Waals surface area (Å²) in [5.74, 6) is 0.644. The van der Waals surface area contributed by atoms with Gasteiger partial charge in [-0.15, -0.1) is 0 Å². The van der Waals surface area contributed by atoms with Crippen LogP contribution in [0.2, 0.25) is 0 Å². The average molecular weight is 490 g/mol. The first-order chi connectivity index (χ1) is 17.2. The van der Waals surface area contributed by atoms with E-state index in [9.17, 15) is 19.8 Å². The number of allylic oxidation sites excluding steroid dienone is 1. The Balaban J connectivity index is 1.23. The Morgan fingerprint density at radius 3 is 2.75 bits per heavy atom. The Labute approximate surface area is 211 Å². The van der Waals surface area contributed by atoms with Gasteiger partial charge in [-0.25, -0.2) is 4.98 Å². The van der Waals surface area contributed by atoms with Crippen molar-refractivity contribution in [3.8, 4) is 5.88 Å². The lowest BCUT2D eigenvalue weighted by Crippen LogP contribution is -2.62. The number of ether oxygens (including phenoxy) is 1. The Kier molecular flexibility index (Phi) is 5.44. The predicted octanol–water partition coefficient (Wildman–Crippen LogP) is 4.42. The second-order valence-electron chi connectivity index (χ2n) is 12.0. The maximum atomic E-state index is 13.5. The molecule has 0 radical (unpaired) electrons. The molecule has 4 aliphatic rings. The third kappa shape index (κ3) is 3.33. The second kappa shape index (κ2) is 8.22. The SMILES string of the molecule is CC12CCC(=O)C=C1CCC1C2C(O)CC2(C)C1CC[C@]2(O)C(=O)COc1ccc2ccccc2n1. The minimum atomic E-state index is -1.54. The van der Waals surface area contributed by atoms with Gasteiger partial charge in [-0.3, -0.25) is 9.59 Å². The van der Waals surface area contributed by atoms with Crippen LogP contribution >= 0.6 is 0 Å². The molecule has 0 aliphatic heterocycles. The van der Waals surface area contributed by atoms with Crippen molar-refractivity contribution in [3.63, 3.8) is 0 Å². The minimum absolute atomic E-state index is 0.0548. The highest BCUT2D eigenvalue weighted by atomic mass is 16.5. The smallest absolute Gasteiger partial charge is 0.214 e. The van der Waals surface area contributed by atoms with Gasteiger partial charge in [-0.2, -0.15) is 0 Å². The van der Waals surface area contributed by atoms with E-state index in [2.05, 4.69) is 11.9 Å². The quantitative estimate of drug-likeness (QED) is 0.660. The van der Waals surface area contributed by atoms with E-state index in [0.717, 1.165) is 36.6 Å². The zero-order valence-electron chi connectivity index (χ0n) is 21.1. The normalized spacial score (nSPS) is 39.7. The zero-order valence-corrected chi connectivity index (χ0v) is 21.1. The maximum absolute atomic E-state index is 13.5. The van der Waals surface area contributed by atoms with Gasteiger partial charge in [0.15, 0.2) is 12.4 Å². The first-order valence-electron chi connectivity index (χ1n) is 13.3. The lowest BCUT2D eigenvalue weighted by atomic mass is 9.45. The van der Waals surface area contributed by atoms with E-state index < -0.39 is 17.1 Å². The van der Waals surface area contributed by atoms with Crippen molar-refractivity contribution in [2.24, 2.45) is 28.6 Å². The molecule has 6 heteroatoms.